The van der Waals surface area contributed by atoms with Gasteiger partial charge in [0, 0.05) is 0 Å². The van der Waals surface area contributed by atoms with Crippen molar-refractivity contribution in [2.24, 2.45) is 0 Å². The molecule has 0 fully saturated rings. The minimum Gasteiger partial charge on any atom is -0.507 e. The van der Waals surface area contributed by atoms with Crippen molar-refractivity contribution in [3.8, 4) is 5.75 Å². The highest BCUT2D eigenvalue weighted by atomic mass is 16.5. The van der Waals surface area contributed by atoms with Crippen LogP contribution in [-0.4, -0.2) is 16.6 Å². The second-order valence-electron chi connectivity index (χ2n) is 5.30. The first kappa shape index (κ1) is 16.5. The van der Waals surface area contributed by atoms with Gasteiger partial charge in [-0.1, -0.05) is 45.7 Å². The number of unbranched alkanes of at least 4 members (excludes halogenated alkanes) is 2. The van der Waals surface area contributed by atoms with Gasteiger partial charge in [-0.15, -0.1) is 0 Å². The highest BCUT2D eigenvalue weighted by Gasteiger charge is 2.29. The van der Waals surface area contributed by atoms with E-state index in [4.69, 9.17) is 10.1 Å². The zero-order valence-electron chi connectivity index (χ0n) is 12.9. The van der Waals surface area contributed by atoms with Crippen molar-refractivity contribution in [2.75, 3.05) is 0 Å². The van der Waals surface area contributed by atoms with E-state index in [-0.39, 0.29) is 17.2 Å². The summed E-state index contributed by atoms with van der Waals surface area (Å²) in [7, 11) is 0. The number of hydrogen-bond donors (Lipinski definition) is 2. The lowest BCUT2D eigenvalue weighted by Crippen LogP contribution is -2.34. The van der Waals surface area contributed by atoms with Crippen LogP contribution in [0, 0.1) is 5.41 Å². The Morgan fingerprint density at radius 2 is 1.80 bits per heavy atom. The van der Waals surface area contributed by atoms with Crippen molar-refractivity contribution in [1.82, 2.24) is 0 Å². The molecular formula is C17H27NO2. The van der Waals surface area contributed by atoms with Crippen molar-refractivity contribution in [3.63, 3.8) is 0 Å². The van der Waals surface area contributed by atoms with Crippen LogP contribution in [0.15, 0.2) is 24.3 Å². The minimum atomic E-state index is -0.283. The molecule has 0 aliphatic heterocycles. The zero-order chi connectivity index (χ0) is 15.0. The number of ether oxygens (including phenoxy) is 1. The lowest BCUT2D eigenvalue weighted by Gasteiger charge is -2.33. The smallest absolute Gasteiger partial charge is 0.217 e. The predicted octanol–water partition coefficient (Wildman–Crippen LogP) is 4.87. The Hall–Kier alpha value is -1.51. The van der Waals surface area contributed by atoms with Crippen molar-refractivity contribution < 1.29 is 9.84 Å². The Morgan fingerprint density at radius 3 is 2.35 bits per heavy atom. The summed E-state index contributed by atoms with van der Waals surface area (Å²) in [6.45, 7) is 6.39. The Bertz CT molecular complexity index is 425. The molecule has 0 bridgehead atoms. The molecule has 0 saturated carbocycles. The number of hydrogen-bond acceptors (Lipinski definition) is 3. The van der Waals surface area contributed by atoms with Crippen LogP contribution in [0.25, 0.3) is 0 Å². The van der Waals surface area contributed by atoms with Gasteiger partial charge in [-0.2, -0.15) is 0 Å². The molecule has 0 aromatic heterocycles. The fraction of sp³-hybridized carbons (Fsp3) is 0.588. The van der Waals surface area contributed by atoms with E-state index in [2.05, 4.69) is 20.8 Å². The van der Waals surface area contributed by atoms with E-state index in [1.807, 2.05) is 6.07 Å². The van der Waals surface area contributed by atoms with Gasteiger partial charge in [0.1, 0.15) is 11.4 Å². The fourth-order valence-electron chi connectivity index (χ4n) is 2.43. The van der Waals surface area contributed by atoms with Crippen molar-refractivity contribution in [3.05, 3.63) is 29.8 Å². The summed E-state index contributed by atoms with van der Waals surface area (Å²) in [4.78, 5) is 0. The Morgan fingerprint density at radius 1 is 1.15 bits per heavy atom. The van der Waals surface area contributed by atoms with Crippen LogP contribution in [0.4, 0.5) is 0 Å². The molecule has 0 saturated heterocycles. The summed E-state index contributed by atoms with van der Waals surface area (Å²) in [5, 5.41) is 17.9. The molecule has 3 nitrogen and oxygen atoms in total. The van der Waals surface area contributed by atoms with Gasteiger partial charge in [0.25, 0.3) is 0 Å². The van der Waals surface area contributed by atoms with Gasteiger partial charge in [0.15, 0.2) is 0 Å². The number of phenolic OH excluding ortho intramolecular Hbond substituents is 1. The molecule has 1 aromatic rings. The van der Waals surface area contributed by atoms with Gasteiger partial charge in [0.05, 0.1) is 5.56 Å². The standard InChI is InChI=1S/C17H27NO2/c1-4-7-10-13-17(5-2,6-3)20-16(18)14-11-8-9-12-15(14)19/h8-9,11-12,18-19H,4-7,10,13H2,1-3H3. The van der Waals surface area contributed by atoms with E-state index < -0.39 is 0 Å². The number of nitrogens with one attached hydrogen (secondary N) is 1. The quantitative estimate of drug-likeness (QED) is 0.404. The van der Waals surface area contributed by atoms with Crippen LogP contribution in [0.5, 0.6) is 5.75 Å². The first-order valence-corrected chi connectivity index (χ1v) is 7.64. The maximum atomic E-state index is 9.82. The average Bonchev–Trinajstić information content (AvgIpc) is 2.46. The summed E-state index contributed by atoms with van der Waals surface area (Å²) in [5.41, 5.74) is 0.184. The third kappa shape index (κ3) is 4.26. The average molecular weight is 277 g/mol. The second-order valence-corrected chi connectivity index (χ2v) is 5.30. The van der Waals surface area contributed by atoms with Crippen LogP contribution >= 0.6 is 0 Å². The van der Waals surface area contributed by atoms with Gasteiger partial charge < -0.3 is 9.84 Å². The van der Waals surface area contributed by atoms with E-state index in [1.54, 1.807) is 18.2 Å². The van der Waals surface area contributed by atoms with Gasteiger partial charge >= 0.3 is 0 Å². The van der Waals surface area contributed by atoms with Crippen molar-refractivity contribution >= 4 is 5.90 Å². The molecule has 2 N–H and O–H groups in total. The van der Waals surface area contributed by atoms with Gasteiger partial charge in [0.2, 0.25) is 5.90 Å². The maximum Gasteiger partial charge on any atom is 0.217 e. The molecule has 20 heavy (non-hydrogen) atoms. The van der Waals surface area contributed by atoms with Crippen LogP contribution in [0.1, 0.15) is 64.9 Å². The molecule has 0 spiro atoms. The molecule has 3 heteroatoms. The summed E-state index contributed by atoms with van der Waals surface area (Å²) in [5.74, 6) is 0.176. The van der Waals surface area contributed by atoms with E-state index in [0.29, 0.717) is 5.56 Å². The minimum absolute atomic E-state index is 0.0725. The molecule has 0 aliphatic carbocycles. The molecule has 0 amide bonds. The van der Waals surface area contributed by atoms with Gasteiger partial charge in [-0.25, -0.2) is 0 Å². The van der Waals surface area contributed by atoms with Crippen LogP contribution in [0.3, 0.4) is 0 Å². The van der Waals surface area contributed by atoms with E-state index in [1.165, 1.54) is 12.8 Å². The van der Waals surface area contributed by atoms with Crippen LogP contribution in [0.2, 0.25) is 0 Å². The second kappa shape index (κ2) is 7.93. The highest BCUT2D eigenvalue weighted by molar-refractivity contribution is 5.94. The predicted molar refractivity (Wildman–Crippen MR) is 83.5 cm³/mol. The summed E-state index contributed by atoms with van der Waals surface area (Å²) in [6.07, 6.45) is 6.21. The highest BCUT2D eigenvalue weighted by Crippen LogP contribution is 2.30. The van der Waals surface area contributed by atoms with E-state index in [9.17, 15) is 5.11 Å². The number of phenols is 1. The van der Waals surface area contributed by atoms with Crippen molar-refractivity contribution in [1.29, 1.82) is 5.41 Å². The largest absolute Gasteiger partial charge is 0.507 e. The fourth-order valence-corrected chi connectivity index (χ4v) is 2.43. The Kier molecular flexibility index (Phi) is 6.56. The van der Waals surface area contributed by atoms with Gasteiger partial charge in [-0.3, -0.25) is 5.41 Å². The number of rotatable bonds is 8. The Balaban J connectivity index is 2.79. The molecule has 0 radical (unpaired) electrons. The molecule has 0 atom stereocenters. The maximum absolute atomic E-state index is 9.82. The van der Waals surface area contributed by atoms with Crippen molar-refractivity contribution in [2.45, 2.75) is 64.9 Å². The third-order valence-corrected chi connectivity index (χ3v) is 3.99. The topological polar surface area (TPSA) is 53.3 Å². The molecule has 0 unspecified atom stereocenters. The number of aromatic hydroxyl groups is 1. The van der Waals surface area contributed by atoms with Crippen LogP contribution < -0.4 is 0 Å². The lowest BCUT2D eigenvalue weighted by molar-refractivity contribution is 0.0352. The molecule has 1 aromatic carbocycles. The van der Waals surface area contributed by atoms with Gasteiger partial charge in [-0.05, 0) is 37.8 Å². The summed E-state index contributed by atoms with van der Waals surface area (Å²) >= 11 is 0. The number of para-hydroxylation sites is 1. The molecule has 1 rings (SSSR count). The number of benzene rings is 1. The first-order valence-electron chi connectivity index (χ1n) is 7.64. The summed E-state index contributed by atoms with van der Waals surface area (Å²) in [6, 6.07) is 6.87. The van der Waals surface area contributed by atoms with E-state index >= 15 is 0 Å². The first-order chi connectivity index (χ1) is 9.58. The molecule has 0 heterocycles. The molecule has 0 aliphatic rings. The third-order valence-electron chi connectivity index (χ3n) is 3.99. The molecule has 112 valence electrons. The van der Waals surface area contributed by atoms with E-state index in [0.717, 1.165) is 25.7 Å². The molecular weight excluding hydrogens is 250 g/mol. The monoisotopic (exact) mass is 277 g/mol. The van der Waals surface area contributed by atoms with Crippen LogP contribution in [-0.2, 0) is 4.74 Å². The normalized spacial score (nSPS) is 11.3. The zero-order valence-corrected chi connectivity index (χ0v) is 12.9. The summed E-state index contributed by atoms with van der Waals surface area (Å²) < 4.78 is 5.97. The lowest BCUT2D eigenvalue weighted by atomic mass is 9.90. The SMILES string of the molecule is CCCCCC(CC)(CC)OC(=N)c1ccccc1O. The Labute approximate surface area is 122 Å².